The quantitative estimate of drug-likeness (QED) is 0.902. The minimum absolute atomic E-state index is 0.0165. The second kappa shape index (κ2) is 4.86. The van der Waals surface area contributed by atoms with Crippen molar-refractivity contribution < 1.29 is 9.84 Å². The van der Waals surface area contributed by atoms with Gasteiger partial charge in [0.05, 0.1) is 7.11 Å². The molecule has 0 bridgehead atoms. The van der Waals surface area contributed by atoms with Crippen LogP contribution in [0, 0.1) is 0 Å². The van der Waals surface area contributed by atoms with E-state index >= 15 is 0 Å². The predicted octanol–water partition coefficient (Wildman–Crippen LogP) is 2.93. The molecule has 1 aliphatic rings. The molecule has 0 aromatic heterocycles. The third-order valence-corrected chi connectivity index (χ3v) is 4.45. The average Bonchev–Trinajstić information content (AvgIpc) is 2.81. The van der Waals surface area contributed by atoms with E-state index in [0.29, 0.717) is 12.3 Å². The normalized spacial score (nSPS) is 18.3. The van der Waals surface area contributed by atoms with Gasteiger partial charge in [-0.1, -0.05) is 28.8 Å². The van der Waals surface area contributed by atoms with E-state index in [1.165, 1.54) is 12.8 Å². The first-order chi connectivity index (χ1) is 8.13. The van der Waals surface area contributed by atoms with Gasteiger partial charge in [0.2, 0.25) is 0 Å². The van der Waals surface area contributed by atoms with Crippen LogP contribution >= 0.6 is 15.9 Å². The highest BCUT2D eigenvalue weighted by Gasteiger charge is 2.36. The molecule has 0 heterocycles. The number of ether oxygens (including phenoxy) is 1. The van der Waals surface area contributed by atoms with Crippen LogP contribution in [0.3, 0.4) is 0 Å². The van der Waals surface area contributed by atoms with E-state index in [-0.39, 0.29) is 11.2 Å². The van der Waals surface area contributed by atoms with Crippen LogP contribution in [0.15, 0.2) is 16.6 Å². The molecule has 3 nitrogen and oxygen atoms in total. The monoisotopic (exact) mass is 299 g/mol. The molecule has 2 rings (SSSR count). The Labute approximate surface area is 110 Å². The molecule has 0 saturated heterocycles. The van der Waals surface area contributed by atoms with Crippen LogP contribution in [0.2, 0.25) is 0 Å². The van der Waals surface area contributed by atoms with E-state index in [1.807, 2.05) is 6.07 Å². The highest BCUT2D eigenvalue weighted by Crippen LogP contribution is 2.46. The summed E-state index contributed by atoms with van der Waals surface area (Å²) in [4.78, 5) is 0. The third-order valence-electron chi connectivity index (χ3n) is 3.79. The van der Waals surface area contributed by atoms with E-state index in [0.717, 1.165) is 22.9 Å². The maximum atomic E-state index is 9.90. The minimum Gasteiger partial charge on any atom is -0.504 e. The number of methoxy groups -OCH3 is 1. The molecule has 94 valence electrons. The van der Waals surface area contributed by atoms with Crippen LogP contribution in [0.4, 0.5) is 0 Å². The summed E-state index contributed by atoms with van der Waals surface area (Å²) in [6.07, 6.45) is 4.59. The second-order valence-corrected chi connectivity index (χ2v) is 5.55. The number of benzene rings is 1. The highest BCUT2D eigenvalue weighted by atomic mass is 79.9. The number of aromatic hydroxyl groups is 1. The van der Waals surface area contributed by atoms with E-state index in [4.69, 9.17) is 10.5 Å². The fourth-order valence-corrected chi connectivity index (χ4v) is 3.49. The van der Waals surface area contributed by atoms with Gasteiger partial charge in [-0.05, 0) is 30.5 Å². The number of phenols is 1. The summed E-state index contributed by atoms with van der Waals surface area (Å²) in [6, 6.07) is 3.61. The maximum Gasteiger partial charge on any atom is 0.161 e. The first-order valence-electron chi connectivity index (χ1n) is 5.90. The Morgan fingerprint density at radius 2 is 2.06 bits per heavy atom. The van der Waals surface area contributed by atoms with Gasteiger partial charge < -0.3 is 15.6 Å². The number of phenolic OH excluding ortho intramolecular Hbond substituents is 1. The highest BCUT2D eigenvalue weighted by molar-refractivity contribution is 9.10. The van der Waals surface area contributed by atoms with Crippen LogP contribution in [-0.4, -0.2) is 18.8 Å². The maximum absolute atomic E-state index is 9.90. The summed E-state index contributed by atoms with van der Waals surface area (Å²) in [6.45, 7) is 0.622. The molecular weight excluding hydrogens is 282 g/mol. The lowest BCUT2D eigenvalue weighted by Gasteiger charge is -2.29. The number of nitrogens with two attached hydrogens (primary N) is 1. The summed E-state index contributed by atoms with van der Waals surface area (Å²) in [5.74, 6) is 0.677. The molecule has 3 N–H and O–H groups in total. The Morgan fingerprint density at radius 1 is 1.41 bits per heavy atom. The molecule has 0 amide bonds. The molecule has 4 heteroatoms. The molecule has 1 aromatic rings. The van der Waals surface area contributed by atoms with Gasteiger partial charge in [0.25, 0.3) is 0 Å². The average molecular weight is 300 g/mol. The molecule has 1 fully saturated rings. The smallest absolute Gasteiger partial charge is 0.161 e. The van der Waals surface area contributed by atoms with Crippen LogP contribution in [0.1, 0.15) is 31.2 Å². The standard InChI is InChI=1S/C13H18BrNO2/c1-17-12-7-10(14)9(6-11(12)16)13(8-15)4-2-3-5-13/h6-7,16H,2-5,8,15H2,1H3. The van der Waals surface area contributed by atoms with Gasteiger partial charge in [-0.3, -0.25) is 0 Å². The summed E-state index contributed by atoms with van der Waals surface area (Å²) < 4.78 is 6.07. The van der Waals surface area contributed by atoms with Gasteiger partial charge in [-0.2, -0.15) is 0 Å². The van der Waals surface area contributed by atoms with Gasteiger partial charge in [-0.15, -0.1) is 0 Å². The molecule has 0 radical (unpaired) electrons. The van der Waals surface area contributed by atoms with Crippen molar-refractivity contribution >= 4 is 15.9 Å². The van der Waals surface area contributed by atoms with Crippen LogP contribution in [0.5, 0.6) is 11.5 Å². The van der Waals surface area contributed by atoms with Crippen molar-refractivity contribution in [1.29, 1.82) is 0 Å². The molecule has 0 atom stereocenters. The van der Waals surface area contributed by atoms with Gasteiger partial charge in [0.15, 0.2) is 11.5 Å². The fraction of sp³-hybridized carbons (Fsp3) is 0.538. The summed E-state index contributed by atoms with van der Waals surface area (Å²) >= 11 is 3.56. The van der Waals surface area contributed by atoms with Crippen molar-refractivity contribution in [2.75, 3.05) is 13.7 Å². The minimum atomic E-state index is 0.0165. The van der Waals surface area contributed by atoms with Crippen molar-refractivity contribution in [3.05, 3.63) is 22.2 Å². The van der Waals surface area contributed by atoms with Gasteiger partial charge in [0, 0.05) is 16.4 Å². The fourth-order valence-electron chi connectivity index (χ4n) is 2.75. The lowest BCUT2D eigenvalue weighted by atomic mass is 9.79. The summed E-state index contributed by atoms with van der Waals surface area (Å²) in [7, 11) is 1.55. The van der Waals surface area contributed by atoms with Crippen molar-refractivity contribution in [1.82, 2.24) is 0 Å². The molecule has 1 aliphatic carbocycles. The Kier molecular flexibility index (Phi) is 3.64. The van der Waals surface area contributed by atoms with Crippen molar-refractivity contribution in [2.24, 2.45) is 5.73 Å². The molecule has 0 aliphatic heterocycles. The molecule has 17 heavy (non-hydrogen) atoms. The largest absolute Gasteiger partial charge is 0.504 e. The second-order valence-electron chi connectivity index (χ2n) is 4.70. The Morgan fingerprint density at radius 3 is 2.59 bits per heavy atom. The zero-order chi connectivity index (χ0) is 12.5. The Hall–Kier alpha value is -0.740. The van der Waals surface area contributed by atoms with Gasteiger partial charge in [0.1, 0.15) is 0 Å². The molecule has 1 aromatic carbocycles. The third kappa shape index (κ3) is 2.16. The predicted molar refractivity (Wildman–Crippen MR) is 71.6 cm³/mol. The zero-order valence-electron chi connectivity index (χ0n) is 10.0. The van der Waals surface area contributed by atoms with Crippen LogP contribution < -0.4 is 10.5 Å². The molecular formula is C13H18BrNO2. The van der Waals surface area contributed by atoms with Crippen molar-refractivity contribution in [3.63, 3.8) is 0 Å². The number of halogens is 1. The van der Waals surface area contributed by atoms with Crippen LogP contribution in [0.25, 0.3) is 0 Å². The number of rotatable bonds is 3. The van der Waals surface area contributed by atoms with Crippen molar-refractivity contribution in [2.45, 2.75) is 31.1 Å². The van der Waals surface area contributed by atoms with E-state index in [9.17, 15) is 5.11 Å². The number of hydrogen-bond acceptors (Lipinski definition) is 3. The number of hydrogen-bond donors (Lipinski definition) is 2. The first-order valence-corrected chi connectivity index (χ1v) is 6.69. The summed E-state index contributed by atoms with van der Waals surface area (Å²) in [5, 5.41) is 9.90. The molecule has 0 unspecified atom stereocenters. The van der Waals surface area contributed by atoms with Gasteiger partial charge >= 0.3 is 0 Å². The van der Waals surface area contributed by atoms with E-state index in [2.05, 4.69) is 15.9 Å². The lowest BCUT2D eigenvalue weighted by molar-refractivity contribution is 0.369. The summed E-state index contributed by atoms with van der Waals surface area (Å²) in [5.41, 5.74) is 7.08. The van der Waals surface area contributed by atoms with Gasteiger partial charge in [-0.25, -0.2) is 0 Å². The molecule has 0 spiro atoms. The zero-order valence-corrected chi connectivity index (χ0v) is 11.6. The topological polar surface area (TPSA) is 55.5 Å². The van der Waals surface area contributed by atoms with Crippen molar-refractivity contribution in [3.8, 4) is 11.5 Å². The first kappa shape index (κ1) is 12.7. The Balaban J connectivity index is 2.47. The SMILES string of the molecule is COc1cc(Br)c(C2(CN)CCCC2)cc1O. The Bertz CT molecular complexity index is 414. The lowest BCUT2D eigenvalue weighted by Crippen LogP contribution is -2.32. The van der Waals surface area contributed by atoms with E-state index in [1.54, 1.807) is 13.2 Å². The van der Waals surface area contributed by atoms with E-state index < -0.39 is 0 Å². The molecule has 1 saturated carbocycles. The van der Waals surface area contributed by atoms with Crippen LogP contribution in [-0.2, 0) is 5.41 Å².